The Morgan fingerprint density at radius 2 is 1.94 bits per heavy atom. The number of fused-ring (bicyclic) bond motifs is 1. The van der Waals surface area contributed by atoms with Crippen molar-refractivity contribution in [1.29, 1.82) is 0 Å². The highest BCUT2D eigenvalue weighted by atomic mass is 19.3. The average Bonchev–Trinajstić information content (AvgIpc) is 3.52. The molecular weight excluding hydrogens is 409 g/mol. The van der Waals surface area contributed by atoms with Crippen LogP contribution < -0.4 is 16.0 Å². The van der Waals surface area contributed by atoms with Crippen molar-refractivity contribution in [2.24, 2.45) is 0 Å². The fraction of sp³-hybridized carbons (Fsp3) is 0.333. The number of nitrogens with zero attached hydrogens (tertiary/aromatic N) is 3. The van der Waals surface area contributed by atoms with E-state index in [2.05, 4.69) is 30.9 Å². The van der Waals surface area contributed by atoms with Crippen LogP contribution in [-0.2, 0) is 0 Å². The molecule has 1 unspecified atom stereocenters. The number of aromatic nitrogens is 3. The Balaban J connectivity index is 1.63. The molecule has 2 aromatic heterocycles. The van der Waals surface area contributed by atoms with Crippen LogP contribution in [0.15, 0.2) is 30.5 Å². The highest BCUT2D eigenvalue weighted by Gasteiger charge is 2.23. The van der Waals surface area contributed by atoms with E-state index in [-0.39, 0.29) is 17.6 Å². The van der Waals surface area contributed by atoms with Crippen molar-refractivity contribution in [3.8, 4) is 0 Å². The van der Waals surface area contributed by atoms with Crippen molar-refractivity contribution >= 4 is 28.6 Å². The SMILES string of the molecule is Cc1nc(NC(C)c2cccc(C(F)F)c2F)c2cc(NC(=O)NC3CC3)cnc2n1. The number of nitrogens with one attached hydrogen (secondary N) is 3. The van der Waals surface area contributed by atoms with E-state index in [1.54, 1.807) is 19.9 Å². The van der Waals surface area contributed by atoms with Gasteiger partial charge in [0.1, 0.15) is 17.5 Å². The van der Waals surface area contributed by atoms with E-state index in [0.717, 1.165) is 18.9 Å². The molecule has 0 radical (unpaired) electrons. The molecule has 162 valence electrons. The maximum absolute atomic E-state index is 14.6. The number of hydrogen-bond donors (Lipinski definition) is 3. The van der Waals surface area contributed by atoms with E-state index in [1.165, 1.54) is 18.3 Å². The number of carbonyl (C=O) groups is 1. The molecule has 1 atom stereocenters. The Morgan fingerprint density at radius 3 is 2.65 bits per heavy atom. The van der Waals surface area contributed by atoms with E-state index in [0.29, 0.717) is 28.4 Å². The zero-order chi connectivity index (χ0) is 22.1. The van der Waals surface area contributed by atoms with Gasteiger partial charge in [-0.25, -0.2) is 32.9 Å². The van der Waals surface area contributed by atoms with E-state index >= 15 is 0 Å². The lowest BCUT2D eigenvalue weighted by Crippen LogP contribution is -2.30. The Hall–Kier alpha value is -3.43. The van der Waals surface area contributed by atoms with E-state index in [4.69, 9.17) is 0 Å². The number of pyridine rings is 1. The number of aryl methyl sites for hydroxylation is 1. The average molecular weight is 430 g/mol. The highest BCUT2D eigenvalue weighted by Crippen LogP contribution is 2.30. The highest BCUT2D eigenvalue weighted by molar-refractivity contribution is 5.94. The Labute approximate surface area is 176 Å². The monoisotopic (exact) mass is 430 g/mol. The quantitative estimate of drug-likeness (QED) is 0.519. The number of amides is 2. The smallest absolute Gasteiger partial charge is 0.319 e. The van der Waals surface area contributed by atoms with E-state index < -0.39 is 23.8 Å². The summed E-state index contributed by atoms with van der Waals surface area (Å²) in [4.78, 5) is 25.0. The maximum atomic E-state index is 14.6. The lowest BCUT2D eigenvalue weighted by Gasteiger charge is -2.18. The number of hydrogen-bond acceptors (Lipinski definition) is 5. The lowest BCUT2D eigenvalue weighted by molar-refractivity contribution is 0.146. The molecule has 1 aliphatic carbocycles. The minimum atomic E-state index is -2.91. The van der Waals surface area contributed by atoms with Crippen LogP contribution in [-0.4, -0.2) is 27.0 Å². The van der Waals surface area contributed by atoms with Crippen LogP contribution >= 0.6 is 0 Å². The van der Waals surface area contributed by atoms with Crippen molar-refractivity contribution in [1.82, 2.24) is 20.3 Å². The fourth-order valence-electron chi connectivity index (χ4n) is 3.23. The van der Waals surface area contributed by atoms with Crippen LogP contribution in [0.4, 0.5) is 29.5 Å². The molecule has 1 aliphatic rings. The third-order valence-electron chi connectivity index (χ3n) is 4.95. The topological polar surface area (TPSA) is 91.8 Å². The second-order valence-electron chi connectivity index (χ2n) is 7.50. The fourth-order valence-corrected chi connectivity index (χ4v) is 3.23. The van der Waals surface area contributed by atoms with Crippen molar-refractivity contribution in [2.75, 3.05) is 10.6 Å². The summed E-state index contributed by atoms with van der Waals surface area (Å²) < 4.78 is 40.7. The summed E-state index contributed by atoms with van der Waals surface area (Å²) in [7, 11) is 0. The summed E-state index contributed by atoms with van der Waals surface area (Å²) in [5.74, 6) is -0.163. The van der Waals surface area contributed by atoms with Crippen LogP contribution in [0.1, 0.15) is 49.2 Å². The molecule has 7 nitrogen and oxygen atoms in total. The largest absolute Gasteiger partial charge is 0.363 e. The number of anilines is 2. The third-order valence-corrected chi connectivity index (χ3v) is 4.95. The van der Waals surface area contributed by atoms with Gasteiger partial charge in [0.15, 0.2) is 5.65 Å². The van der Waals surface area contributed by atoms with Gasteiger partial charge in [-0.1, -0.05) is 18.2 Å². The molecule has 0 bridgehead atoms. The molecule has 2 heterocycles. The predicted molar refractivity (Wildman–Crippen MR) is 111 cm³/mol. The summed E-state index contributed by atoms with van der Waals surface area (Å²) in [5.41, 5.74) is 0.273. The van der Waals surface area contributed by atoms with Gasteiger partial charge >= 0.3 is 6.03 Å². The second-order valence-corrected chi connectivity index (χ2v) is 7.50. The minimum Gasteiger partial charge on any atom is -0.363 e. The van der Waals surface area contributed by atoms with Crippen molar-refractivity contribution in [3.63, 3.8) is 0 Å². The molecule has 3 aromatic rings. The first-order chi connectivity index (χ1) is 14.8. The van der Waals surface area contributed by atoms with Gasteiger partial charge in [0.2, 0.25) is 0 Å². The standard InChI is InChI=1S/C21H21F3N6O/c1-10(14-4-3-5-15(17(14)22)18(23)24)26-20-16-8-13(30-21(31)29-12-6-7-12)9-25-19(16)27-11(2)28-20/h3-5,8-10,12,18H,6-7H2,1-2H3,(H2,29,30,31)(H,25,26,27,28). The van der Waals surface area contributed by atoms with Gasteiger partial charge in [-0.2, -0.15) is 0 Å². The summed E-state index contributed by atoms with van der Waals surface area (Å²) in [6.07, 6.45) is 0.506. The number of urea groups is 1. The summed E-state index contributed by atoms with van der Waals surface area (Å²) in [6, 6.07) is 4.78. The van der Waals surface area contributed by atoms with Gasteiger partial charge in [-0.15, -0.1) is 0 Å². The lowest BCUT2D eigenvalue weighted by atomic mass is 10.0. The van der Waals surface area contributed by atoms with Gasteiger partial charge in [-0.3, -0.25) is 0 Å². The van der Waals surface area contributed by atoms with Gasteiger partial charge in [0.25, 0.3) is 6.43 Å². The molecule has 1 saturated carbocycles. The number of halogens is 3. The maximum Gasteiger partial charge on any atom is 0.319 e. The van der Waals surface area contributed by atoms with Crippen molar-refractivity contribution in [3.05, 3.63) is 53.2 Å². The third kappa shape index (κ3) is 4.68. The predicted octanol–water partition coefficient (Wildman–Crippen LogP) is 4.87. The first-order valence-electron chi connectivity index (χ1n) is 9.86. The molecule has 0 spiro atoms. The molecule has 0 saturated heterocycles. The van der Waals surface area contributed by atoms with Crippen LogP contribution in [0.5, 0.6) is 0 Å². The number of carbonyl (C=O) groups excluding carboxylic acids is 1. The first kappa shape index (κ1) is 20.8. The second kappa shape index (κ2) is 8.37. The molecule has 2 amide bonds. The van der Waals surface area contributed by atoms with Crippen molar-refractivity contribution < 1.29 is 18.0 Å². The summed E-state index contributed by atoms with van der Waals surface area (Å²) in [6.45, 7) is 3.33. The molecule has 0 aliphatic heterocycles. The van der Waals surface area contributed by atoms with Crippen LogP contribution in [0.3, 0.4) is 0 Å². The van der Waals surface area contributed by atoms with Crippen LogP contribution in [0, 0.1) is 12.7 Å². The zero-order valence-electron chi connectivity index (χ0n) is 16.9. The Kier molecular flexibility index (Phi) is 5.62. The summed E-state index contributed by atoms with van der Waals surface area (Å²) >= 11 is 0. The number of benzene rings is 1. The molecular formula is C21H21F3N6O. The minimum absolute atomic E-state index is 0.0910. The molecule has 3 N–H and O–H groups in total. The van der Waals surface area contributed by atoms with Crippen LogP contribution in [0.2, 0.25) is 0 Å². The van der Waals surface area contributed by atoms with Crippen molar-refractivity contribution in [2.45, 2.75) is 45.2 Å². The number of alkyl halides is 2. The molecule has 31 heavy (non-hydrogen) atoms. The summed E-state index contributed by atoms with van der Waals surface area (Å²) in [5, 5.41) is 9.12. The number of rotatable bonds is 6. The van der Waals surface area contributed by atoms with Crippen LogP contribution in [0.25, 0.3) is 11.0 Å². The molecule has 1 fully saturated rings. The van der Waals surface area contributed by atoms with E-state index in [9.17, 15) is 18.0 Å². The van der Waals surface area contributed by atoms with Gasteiger partial charge in [0, 0.05) is 11.6 Å². The van der Waals surface area contributed by atoms with Gasteiger partial charge in [0.05, 0.1) is 28.9 Å². The van der Waals surface area contributed by atoms with E-state index in [1.807, 2.05) is 0 Å². The van der Waals surface area contributed by atoms with Gasteiger partial charge < -0.3 is 16.0 Å². The molecule has 4 rings (SSSR count). The molecule has 1 aromatic carbocycles. The molecule has 10 heteroatoms. The Morgan fingerprint density at radius 1 is 1.19 bits per heavy atom. The Bertz CT molecular complexity index is 1140. The normalized spacial score (nSPS) is 14.5. The van der Waals surface area contributed by atoms with Gasteiger partial charge in [-0.05, 0) is 32.8 Å². The zero-order valence-corrected chi connectivity index (χ0v) is 16.9. The first-order valence-corrected chi connectivity index (χ1v) is 9.86.